The van der Waals surface area contributed by atoms with E-state index >= 15 is 0 Å². The first-order chi connectivity index (χ1) is 47.0. The van der Waals surface area contributed by atoms with Gasteiger partial charge in [-0.3, -0.25) is 13.7 Å². The van der Waals surface area contributed by atoms with Crippen LogP contribution >= 0.6 is 0 Å². The molecule has 0 bridgehead atoms. The third-order valence-corrected chi connectivity index (χ3v) is 18.4. The van der Waals surface area contributed by atoms with Gasteiger partial charge < -0.3 is 13.6 Å². The number of nitrogens with zero attached hydrogens (tertiary/aromatic N) is 4. The summed E-state index contributed by atoms with van der Waals surface area (Å²) in [5.41, 5.74) is 18.9. The van der Waals surface area contributed by atoms with E-state index in [-0.39, 0.29) is 22.1 Å². The first kappa shape index (κ1) is 46.6. The highest BCUT2D eigenvalue weighted by Crippen LogP contribution is 2.49. The summed E-state index contributed by atoms with van der Waals surface area (Å²) in [5, 5.41) is 6.15. The molecule has 18 rings (SSSR count). The molecule has 432 valence electrons. The number of imidazole rings is 1. The lowest BCUT2D eigenvalue weighted by atomic mass is 9.85. The number of fused-ring (bicyclic) bond motifs is 16. The topological polar surface area (TPSA) is 62.1 Å². The van der Waals surface area contributed by atoms with Crippen LogP contribution in [0.1, 0.15) is 45.7 Å². The van der Waals surface area contributed by atoms with Gasteiger partial charge in [-0.2, -0.15) is 0 Å². The first-order valence-corrected chi connectivity index (χ1v) is 30.6. The maximum Gasteiger partial charge on any atom is 0.269 e. The number of aromatic nitrogens is 4. The molecule has 0 unspecified atom stereocenters. The normalized spacial score (nSPS) is 13.5. The molecule has 0 atom stereocenters. The number of rotatable bonds is 7. The molecule has 0 saturated carbocycles. The summed E-state index contributed by atoms with van der Waals surface area (Å²) in [6.07, 6.45) is 5.92. The molecule has 1 aliphatic rings. The molecular weight excluding hydrogens is 1110 g/mol. The fourth-order valence-corrected chi connectivity index (χ4v) is 14.1. The lowest BCUT2D eigenvalue weighted by Crippen LogP contribution is -2.32. The zero-order chi connectivity index (χ0) is 65.8. The Morgan fingerprint density at radius 2 is 1.03 bits per heavy atom. The van der Waals surface area contributed by atoms with Crippen LogP contribution in [0.5, 0.6) is 11.5 Å². The minimum atomic E-state index is -2.64. The third kappa shape index (κ3) is 8.34. The summed E-state index contributed by atoms with van der Waals surface area (Å²) in [5.74, 6) is 2.08. The lowest BCUT2D eigenvalue weighted by Gasteiger charge is -2.20. The Morgan fingerprint density at radius 1 is 0.429 bits per heavy atom. The minimum absolute atomic E-state index is 0.0451. The van der Waals surface area contributed by atoms with E-state index in [4.69, 9.17) is 26.8 Å². The Balaban J connectivity index is 0.910. The maximum atomic E-state index is 8.83. The van der Waals surface area contributed by atoms with Crippen molar-refractivity contribution in [3.63, 3.8) is 0 Å². The van der Waals surface area contributed by atoms with Crippen LogP contribution in [-0.2, 0) is 5.41 Å². The summed E-state index contributed by atoms with van der Waals surface area (Å²) in [4.78, 5) is 4.95. The van der Waals surface area contributed by atoms with E-state index in [0.717, 1.165) is 150 Å². The average Bonchev–Trinajstić information content (AvgIpc) is 1.60. The third-order valence-electron chi connectivity index (χ3n) is 18.4. The van der Waals surface area contributed by atoms with E-state index in [1.165, 1.54) is 23.8 Å². The summed E-state index contributed by atoms with van der Waals surface area (Å²) in [7, 11) is 0. The van der Waals surface area contributed by atoms with Crippen LogP contribution in [0.2, 0.25) is 0 Å². The molecule has 5 aromatic heterocycles. The zero-order valence-corrected chi connectivity index (χ0v) is 49.8. The highest BCUT2D eigenvalue weighted by molar-refractivity contribution is 6.11. The minimum Gasteiger partial charge on any atom is -0.458 e. The fourth-order valence-electron chi connectivity index (χ4n) is 14.1. The van der Waals surface area contributed by atoms with Gasteiger partial charge in [0.1, 0.15) is 39.6 Å². The van der Waals surface area contributed by atoms with E-state index in [1.54, 1.807) is 0 Å². The zero-order valence-electron chi connectivity index (χ0n) is 55.8. The van der Waals surface area contributed by atoms with Crippen molar-refractivity contribution in [1.29, 1.82) is 0 Å². The fraction of sp³-hybridized carbons (Fsp3) is 0.0714. The Morgan fingerprint density at radius 3 is 1.80 bits per heavy atom. The standard InChI is InChI=1S/C84H58N4O3/c1-50-17-14-18-51(2)81(50)54-31-35-63-61-21-6-7-22-62(61)72-44-55(52-32-37-78-70(41-52)66-24-9-12-29-76(66)90-78)45-75-83(72)87(82-60(26-16-27-68(82)69(63)43-54)53-33-38-79-71(42-53)67-25-10-13-30-77(67)91-79)49-86(75)57-19-15-20-58(47-57)89-59-34-36-65-64-23-8-11-28-73(64)88(74(65)48-59)80-46-56(39-40-85-80)84(3,4)5/h6-48H,1-5H3/i1D3,2D3. The summed E-state index contributed by atoms with van der Waals surface area (Å²) in [6, 6.07) is 85.7. The van der Waals surface area contributed by atoms with Crippen molar-refractivity contribution < 1.29 is 26.4 Å². The Hall–Kier alpha value is -11.5. The molecule has 7 heteroatoms. The van der Waals surface area contributed by atoms with Gasteiger partial charge in [-0.15, -0.1) is 0 Å². The molecule has 7 nitrogen and oxygen atoms in total. The van der Waals surface area contributed by atoms with Crippen LogP contribution < -0.4 is 9.30 Å². The number of ether oxygens (including phenoxy) is 1. The largest absolute Gasteiger partial charge is 0.458 e. The van der Waals surface area contributed by atoms with E-state index in [1.807, 2.05) is 91.1 Å². The highest BCUT2D eigenvalue weighted by atomic mass is 16.5. The molecule has 0 fully saturated rings. The quantitative estimate of drug-likeness (QED) is 0.118. The van der Waals surface area contributed by atoms with Gasteiger partial charge in [-0.25, -0.2) is 4.98 Å². The monoisotopic (exact) mass is 1180 g/mol. The number of benzene rings is 12. The molecule has 0 saturated heterocycles. The van der Waals surface area contributed by atoms with Crippen LogP contribution in [0.25, 0.3) is 161 Å². The molecular formula is C84H58N4O3. The molecule has 1 aliphatic heterocycles. The van der Waals surface area contributed by atoms with Crippen LogP contribution in [0, 0.1) is 20.0 Å². The molecule has 6 heterocycles. The van der Waals surface area contributed by atoms with Crippen LogP contribution in [0.4, 0.5) is 0 Å². The molecule has 0 N–H and O–H groups in total. The number of para-hydroxylation sites is 4. The molecule has 0 spiro atoms. The van der Waals surface area contributed by atoms with Gasteiger partial charge in [0.2, 0.25) is 0 Å². The van der Waals surface area contributed by atoms with Gasteiger partial charge in [0.15, 0.2) is 0 Å². The molecule has 91 heavy (non-hydrogen) atoms. The van der Waals surface area contributed by atoms with Crippen LogP contribution in [-0.4, -0.2) is 14.1 Å². The van der Waals surface area contributed by atoms with Crippen molar-refractivity contribution in [3.05, 3.63) is 284 Å². The molecule has 12 aromatic carbocycles. The second kappa shape index (κ2) is 20.0. The van der Waals surface area contributed by atoms with Gasteiger partial charge in [0, 0.05) is 52.8 Å². The maximum absolute atomic E-state index is 8.83. The van der Waals surface area contributed by atoms with Crippen molar-refractivity contribution >= 4 is 76.7 Å². The van der Waals surface area contributed by atoms with Gasteiger partial charge in [-0.1, -0.05) is 172 Å². The molecule has 0 amide bonds. The van der Waals surface area contributed by atoms with E-state index in [0.29, 0.717) is 17.1 Å². The van der Waals surface area contributed by atoms with Gasteiger partial charge >= 0.3 is 0 Å². The van der Waals surface area contributed by atoms with Crippen LogP contribution in [0.3, 0.4) is 0 Å². The average molecular weight is 1180 g/mol. The number of furan rings is 2. The number of pyridine rings is 1. The SMILES string of the molecule is [2H]C([2H])([2H])c1cccc(C([2H])([2H])[2H])c1-c1ccc2c(c1)-c1cccc(-c3ccc4oc5ccccc5c4c3)c1-[n+]1[c-]n(-c3cccc(Oc4ccc5c6ccccc6n(-c6cc(C(C)(C)C)ccn6)c5c4)c3)c3cc(-c4ccc5oc6ccccc6c5c4)cc(c31)-c1ccccc1-2. The van der Waals surface area contributed by atoms with E-state index in [2.05, 4.69) is 192 Å². The predicted molar refractivity (Wildman–Crippen MR) is 371 cm³/mol. The van der Waals surface area contributed by atoms with Crippen molar-refractivity contribution in [2.75, 3.05) is 0 Å². The van der Waals surface area contributed by atoms with Crippen molar-refractivity contribution in [3.8, 4) is 95.5 Å². The van der Waals surface area contributed by atoms with Crippen molar-refractivity contribution in [2.24, 2.45) is 0 Å². The van der Waals surface area contributed by atoms with Gasteiger partial charge in [-0.05, 0) is 200 Å². The molecule has 0 radical (unpaired) electrons. The lowest BCUT2D eigenvalue weighted by molar-refractivity contribution is -0.570. The Bertz CT molecular complexity index is 6120. The Labute approximate surface area is 534 Å². The first-order valence-electron chi connectivity index (χ1n) is 33.6. The van der Waals surface area contributed by atoms with E-state index < -0.39 is 13.7 Å². The van der Waals surface area contributed by atoms with Crippen molar-refractivity contribution in [2.45, 2.75) is 39.9 Å². The number of hydrogen-bond acceptors (Lipinski definition) is 4. The van der Waals surface area contributed by atoms with Crippen LogP contribution in [0.15, 0.2) is 270 Å². The second-order valence-corrected chi connectivity index (χ2v) is 24.8. The van der Waals surface area contributed by atoms with Gasteiger partial charge in [0.05, 0.1) is 33.4 Å². The molecule has 0 aliphatic carbocycles. The number of hydrogen-bond donors (Lipinski definition) is 0. The summed E-state index contributed by atoms with van der Waals surface area (Å²) >= 11 is 0. The predicted octanol–water partition coefficient (Wildman–Crippen LogP) is 22.0. The molecule has 17 aromatic rings. The second-order valence-electron chi connectivity index (χ2n) is 24.8. The summed E-state index contributed by atoms with van der Waals surface area (Å²) in [6.45, 7) is 1.36. The number of aryl methyl sites for hydroxylation is 2. The summed E-state index contributed by atoms with van der Waals surface area (Å²) < 4.78 is 79.4. The smallest absolute Gasteiger partial charge is 0.269 e. The Kier molecular flexibility index (Phi) is 10.2. The van der Waals surface area contributed by atoms with Crippen molar-refractivity contribution in [1.82, 2.24) is 14.1 Å². The van der Waals surface area contributed by atoms with Gasteiger partial charge in [0.25, 0.3) is 6.33 Å². The highest BCUT2D eigenvalue weighted by Gasteiger charge is 2.29. The van der Waals surface area contributed by atoms with E-state index in [9.17, 15) is 0 Å².